The van der Waals surface area contributed by atoms with E-state index in [1.165, 1.54) is 56.9 Å². The van der Waals surface area contributed by atoms with E-state index in [4.69, 9.17) is 9.15 Å². The predicted molar refractivity (Wildman–Crippen MR) is 135 cm³/mol. The standard InChI is InChI=1S/C30H44NO4/c1-29-11-9-20(27(32)18-31-13-15-34-16-14-31)17-22(29)4-5-23-25-7-6-24(21-3-8-28(33)35-19-21)30(25,2)12-10-26(23)29/h3,8,19-20,22-26,32H,4-7,9-18H2,1-2H3. The highest BCUT2D eigenvalue weighted by Gasteiger charge is 2.60. The van der Waals surface area contributed by atoms with Crippen LogP contribution < -0.4 is 5.63 Å². The number of ether oxygens (including phenoxy) is 1. The normalized spacial score (nSPS) is 44.0. The minimum Gasteiger partial charge on any atom is -0.431 e. The highest BCUT2D eigenvalue weighted by molar-refractivity contribution is 5.22. The van der Waals surface area contributed by atoms with Crippen molar-refractivity contribution in [2.75, 3.05) is 32.8 Å². The molecule has 1 aliphatic heterocycles. The Balaban J connectivity index is 1.14. The van der Waals surface area contributed by atoms with Crippen LogP contribution in [0.3, 0.4) is 0 Å². The summed E-state index contributed by atoms with van der Waals surface area (Å²) in [4.78, 5) is 13.9. The number of aliphatic hydroxyl groups is 1. The maximum atomic E-state index is 11.5. The molecule has 8 unspecified atom stereocenters. The lowest BCUT2D eigenvalue weighted by Gasteiger charge is -2.61. The summed E-state index contributed by atoms with van der Waals surface area (Å²) in [5.41, 5.74) is 1.75. The summed E-state index contributed by atoms with van der Waals surface area (Å²) in [6.45, 7) is 9.37. The third-order valence-electron chi connectivity index (χ3n) is 11.8. The van der Waals surface area contributed by atoms with E-state index >= 15 is 0 Å². The third-order valence-corrected chi connectivity index (χ3v) is 11.8. The summed E-state index contributed by atoms with van der Waals surface area (Å²) in [7, 11) is 0. The van der Waals surface area contributed by atoms with Crippen molar-refractivity contribution >= 4 is 0 Å². The van der Waals surface area contributed by atoms with Gasteiger partial charge < -0.3 is 14.3 Å². The number of rotatable bonds is 4. The topological polar surface area (TPSA) is 62.9 Å². The first-order valence-electron chi connectivity index (χ1n) is 14.3. The first-order chi connectivity index (χ1) is 16.9. The Morgan fingerprint density at radius 1 is 1.00 bits per heavy atom. The predicted octanol–water partition coefficient (Wildman–Crippen LogP) is 5.62. The van der Waals surface area contributed by atoms with Gasteiger partial charge in [-0.15, -0.1) is 0 Å². The number of fused-ring (bicyclic) bond motifs is 5. The second-order valence-corrected chi connectivity index (χ2v) is 13.1. The van der Waals surface area contributed by atoms with Gasteiger partial charge in [-0.3, -0.25) is 4.90 Å². The van der Waals surface area contributed by atoms with E-state index in [0.29, 0.717) is 22.7 Å². The molecule has 0 amide bonds. The number of hydrogen-bond acceptors (Lipinski definition) is 5. The van der Waals surface area contributed by atoms with Gasteiger partial charge in [0, 0.05) is 25.7 Å². The fourth-order valence-corrected chi connectivity index (χ4v) is 9.79. The minimum absolute atomic E-state index is 0.243. The fourth-order valence-electron chi connectivity index (χ4n) is 9.79. The maximum Gasteiger partial charge on any atom is 0.335 e. The zero-order chi connectivity index (χ0) is 24.2. The molecular weight excluding hydrogens is 438 g/mol. The van der Waals surface area contributed by atoms with Crippen LogP contribution in [-0.4, -0.2) is 42.9 Å². The quantitative estimate of drug-likeness (QED) is 0.604. The van der Waals surface area contributed by atoms with Gasteiger partial charge >= 0.3 is 5.63 Å². The molecule has 0 spiro atoms. The lowest BCUT2D eigenvalue weighted by atomic mass is 9.44. The third kappa shape index (κ3) is 4.14. The molecule has 1 saturated heterocycles. The van der Waals surface area contributed by atoms with Gasteiger partial charge in [0.05, 0.1) is 19.5 Å². The Hall–Kier alpha value is -1.17. The van der Waals surface area contributed by atoms with Crippen molar-refractivity contribution in [1.29, 1.82) is 0 Å². The molecule has 4 saturated carbocycles. The monoisotopic (exact) mass is 482 g/mol. The van der Waals surface area contributed by atoms with E-state index in [1.807, 2.05) is 6.07 Å². The van der Waals surface area contributed by atoms with Gasteiger partial charge in [0.25, 0.3) is 0 Å². The molecule has 0 aromatic carbocycles. The maximum absolute atomic E-state index is 11.5. The zero-order valence-corrected chi connectivity index (χ0v) is 21.7. The van der Waals surface area contributed by atoms with E-state index in [-0.39, 0.29) is 5.63 Å². The van der Waals surface area contributed by atoms with Crippen LogP contribution in [0.25, 0.3) is 0 Å². The highest BCUT2D eigenvalue weighted by Crippen LogP contribution is 2.69. The molecule has 5 fully saturated rings. The number of morpholine rings is 1. The van der Waals surface area contributed by atoms with Crippen molar-refractivity contribution in [3.63, 3.8) is 0 Å². The highest BCUT2D eigenvalue weighted by atomic mass is 16.5. The summed E-state index contributed by atoms with van der Waals surface area (Å²) in [6.07, 6.45) is 14.0. The van der Waals surface area contributed by atoms with Crippen LogP contribution in [0.5, 0.6) is 0 Å². The number of aliphatic hydroxyl groups excluding tert-OH is 1. The summed E-state index contributed by atoms with van der Waals surface area (Å²) in [5.74, 6) is 4.09. The first kappa shape index (κ1) is 24.2. The van der Waals surface area contributed by atoms with Crippen molar-refractivity contribution in [3.05, 3.63) is 40.5 Å². The zero-order valence-electron chi connectivity index (χ0n) is 21.7. The van der Waals surface area contributed by atoms with E-state index in [0.717, 1.165) is 69.0 Å². The Morgan fingerprint density at radius 3 is 2.54 bits per heavy atom. The largest absolute Gasteiger partial charge is 0.431 e. The van der Waals surface area contributed by atoms with Gasteiger partial charge in [0.15, 0.2) is 0 Å². The smallest absolute Gasteiger partial charge is 0.335 e. The van der Waals surface area contributed by atoms with Crippen LogP contribution >= 0.6 is 0 Å². The summed E-state index contributed by atoms with van der Waals surface area (Å²) >= 11 is 0. The summed E-state index contributed by atoms with van der Waals surface area (Å²) < 4.78 is 10.8. The van der Waals surface area contributed by atoms with Gasteiger partial charge in [-0.2, -0.15) is 0 Å². The molecule has 4 aliphatic carbocycles. The minimum atomic E-state index is -0.243. The van der Waals surface area contributed by atoms with Crippen LogP contribution in [-0.2, 0) is 4.74 Å². The number of nitrogens with zero attached hydrogens (tertiary/aromatic N) is 1. The molecule has 1 N–H and O–H groups in total. The Morgan fingerprint density at radius 2 is 1.77 bits per heavy atom. The van der Waals surface area contributed by atoms with Gasteiger partial charge in [-0.25, -0.2) is 4.79 Å². The Labute approximate surface area is 210 Å². The van der Waals surface area contributed by atoms with E-state index in [2.05, 4.69) is 18.7 Å². The molecule has 8 atom stereocenters. The Kier molecular flexibility index (Phi) is 6.42. The number of hydrogen-bond donors (Lipinski definition) is 1. The summed E-state index contributed by atoms with van der Waals surface area (Å²) in [5, 5.41) is 11.1. The lowest BCUT2D eigenvalue weighted by Crippen LogP contribution is -2.53. The average Bonchev–Trinajstić information content (AvgIpc) is 3.22. The van der Waals surface area contributed by atoms with Crippen LogP contribution in [0, 0.1) is 46.5 Å². The molecule has 2 heterocycles. The molecule has 5 heteroatoms. The SMILES string of the molecule is CC12CCC([C](O)CN3CCOCC3)CC1CCC1C2CCC2(C)C(c3ccc(=O)oc3)CCC12. The molecule has 6 rings (SSSR count). The van der Waals surface area contributed by atoms with Crippen molar-refractivity contribution in [3.8, 4) is 0 Å². The van der Waals surface area contributed by atoms with Crippen molar-refractivity contribution < 1.29 is 14.3 Å². The Bertz CT molecular complexity index is 935. The molecule has 5 nitrogen and oxygen atoms in total. The van der Waals surface area contributed by atoms with Gasteiger partial charge in [0.2, 0.25) is 0 Å². The molecular formula is C30H44NO4. The summed E-state index contributed by atoms with van der Waals surface area (Å²) in [6, 6.07) is 3.63. The second kappa shape index (κ2) is 9.29. The van der Waals surface area contributed by atoms with Crippen molar-refractivity contribution in [2.45, 2.75) is 77.6 Å². The molecule has 35 heavy (non-hydrogen) atoms. The van der Waals surface area contributed by atoms with Gasteiger partial charge in [0.1, 0.15) is 6.10 Å². The van der Waals surface area contributed by atoms with Crippen LogP contribution in [0.1, 0.15) is 83.1 Å². The van der Waals surface area contributed by atoms with Crippen molar-refractivity contribution in [1.82, 2.24) is 4.90 Å². The van der Waals surface area contributed by atoms with E-state index < -0.39 is 0 Å². The van der Waals surface area contributed by atoms with Crippen LogP contribution in [0.4, 0.5) is 0 Å². The fraction of sp³-hybridized carbons (Fsp3) is 0.800. The van der Waals surface area contributed by atoms with Gasteiger partial charge in [-0.1, -0.05) is 13.8 Å². The lowest BCUT2D eigenvalue weighted by molar-refractivity contribution is -0.116. The second-order valence-electron chi connectivity index (χ2n) is 13.1. The average molecular weight is 483 g/mol. The van der Waals surface area contributed by atoms with E-state index in [1.54, 1.807) is 12.3 Å². The van der Waals surface area contributed by atoms with Crippen molar-refractivity contribution in [2.24, 2.45) is 40.4 Å². The molecule has 5 aliphatic rings. The van der Waals surface area contributed by atoms with Gasteiger partial charge in [-0.05, 0) is 116 Å². The van der Waals surface area contributed by atoms with E-state index in [9.17, 15) is 9.90 Å². The molecule has 1 radical (unpaired) electrons. The molecule has 0 bridgehead atoms. The van der Waals surface area contributed by atoms with Crippen LogP contribution in [0.2, 0.25) is 0 Å². The molecule has 1 aromatic heterocycles. The van der Waals surface area contributed by atoms with Crippen LogP contribution in [0.15, 0.2) is 27.6 Å². The molecule has 193 valence electrons. The molecule has 1 aromatic rings. The first-order valence-corrected chi connectivity index (χ1v) is 14.3.